The Morgan fingerprint density at radius 1 is 1.21 bits per heavy atom. The molecule has 1 N–H and O–H groups in total. The Bertz CT molecular complexity index is 998. The van der Waals surface area contributed by atoms with Gasteiger partial charge in [0.2, 0.25) is 5.91 Å². The summed E-state index contributed by atoms with van der Waals surface area (Å²) in [4.78, 5) is 12.2. The van der Waals surface area contributed by atoms with Crippen LogP contribution >= 0.6 is 11.8 Å². The molecular formula is C21H21FN4OS. The Morgan fingerprint density at radius 2 is 1.96 bits per heavy atom. The van der Waals surface area contributed by atoms with E-state index in [-0.39, 0.29) is 17.5 Å². The SMILES string of the molecule is C=CCn1c(SCC(=O)Nc2ccc(C)c(F)c2)nnc1-c1ccc(C)cc1. The molecule has 0 saturated heterocycles. The van der Waals surface area contributed by atoms with Gasteiger partial charge in [-0.25, -0.2) is 4.39 Å². The predicted octanol–water partition coefficient (Wildman–Crippen LogP) is 4.62. The molecule has 0 fully saturated rings. The van der Waals surface area contributed by atoms with E-state index in [0.717, 1.165) is 17.0 Å². The number of rotatable bonds is 7. The second kappa shape index (κ2) is 8.84. The maximum Gasteiger partial charge on any atom is 0.234 e. The number of nitrogens with one attached hydrogen (secondary N) is 1. The molecule has 7 heteroatoms. The Hall–Kier alpha value is -2.93. The van der Waals surface area contributed by atoms with Crippen molar-refractivity contribution < 1.29 is 9.18 Å². The normalized spacial score (nSPS) is 10.7. The lowest BCUT2D eigenvalue weighted by atomic mass is 10.1. The van der Waals surface area contributed by atoms with Crippen LogP contribution in [0.3, 0.4) is 0 Å². The van der Waals surface area contributed by atoms with E-state index >= 15 is 0 Å². The number of nitrogens with zero attached hydrogens (tertiary/aromatic N) is 3. The Balaban J connectivity index is 1.71. The van der Waals surface area contributed by atoms with Gasteiger partial charge in [0.25, 0.3) is 0 Å². The molecule has 0 aliphatic rings. The van der Waals surface area contributed by atoms with Crippen LogP contribution in [-0.4, -0.2) is 26.4 Å². The highest BCUT2D eigenvalue weighted by Crippen LogP contribution is 2.24. The molecule has 0 saturated carbocycles. The van der Waals surface area contributed by atoms with Crippen molar-refractivity contribution in [1.29, 1.82) is 0 Å². The van der Waals surface area contributed by atoms with E-state index in [1.54, 1.807) is 25.1 Å². The van der Waals surface area contributed by atoms with Crippen LogP contribution in [0.15, 0.2) is 60.3 Å². The molecule has 0 aliphatic heterocycles. The fourth-order valence-electron chi connectivity index (χ4n) is 2.60. The van der Waals surface area contributed by atoms with Crippen LogP contribution in [0.2, 0.25) is 0 Å². The summed E-state index contributed by atoms with van der Waals surface area (Å²) < 4.78 is 15.5. The Labute approximate surface area is 167 Å². The first kappa shape index (κ1) is 19.8. The van der Waals surface area contributed by atoms with E-state index < -0.39 is 0 Å². The molecule has 0 aliphatic carbocycles. The minimum atomic E-state index is -0.348. The lowest BCUT2D eigenvalue weighted by molar-refractivity contribution is -0.113. The van der Waals surface area contributed by atoms with E-state index in [1.165, 1.54) is 17.8 Å². The number of anilines is 1. The van der Waals surface area contributed by atoms with Crippen molar-refractivity contribution in [1.82, 2.24) is 14.8 Å². The first-order chi connectivity index (χ1) is 13.5. The fraction of sp³-hybridized carbons (Fsp3) is 0.190. The van der Waals surface area contributed by atoms with Crippen LogP contribution in [0.4, 0.5) is 10.1 Å². The zero-order chi connectivity index (χ0) is 20.1. The molecule has 0 bridgehead atoms. The van der Waals surface area contributed by atoms with Crippen LogP contribution < -0.4 is 5.32 Å². The van der Waals surface area contributed by atoms with Gasteiger partial charge in [-0.2, -0.15) is 0 Å². The third-order valence-electron chi connectivity index (χ3n) is 4.13. The maximum atomic E-state index is 13.6. The summed E-state index contributed by atoms with van der Waals surface area (Å²) in [5, 5.41) is 11.8. The molecule has 144 valence electrons. The second-order valence-corrected chi connectivity index (χ2v) is 7.31. The van der Waals surface area contributed by atoms with Crippen molar-refractivity contribution in [2.45, 2.75) is 25.5 Å². The molecule has 2 aromatic carbocycles. The Morgan fingerprint density at radius 3 is 2.64 bits per heavy atom. The highest BCUT2D eigenvalue weighted by Gasteiger charge is 2.15. The highest BCUT2D eigenvalue weighted by atomic mass is 32.2. The molecule has 0 spiro atoms. The van der Waals surface area contributed by atoms with Crippen LogP contribution in [0.5, 0.6) is 0 Å². The smallest absolute Gasteiger partial charge is 0.234 e. The number of aromatic nitrogens is 3. The third-order valence-corrected chi connectivity index (χ3v) is 5.09. The third kappa shape index (κ3) is 4.67. The number of allylic oxidation sites excluding steroid dienone is 1. The topological polar surface area (TPSA) is 59.8 Å². The lowest BCUT2D eigenvalue weighted by Gasteiger charge is -2.09. The molecule has 3 aromatic rings. The van der Waals surface area contributed by atoms with Gasteiger partial charge < -0.3 is 5.32 Å². The number of hydrogen-bond acceptors (Lipinski definition) is 4. The minimum absolute atomic E-state index is 0.138. The maximum absolute atomic E-state index is 13.6. The summed E-state index contributed by atoms with van der Waals surface area (Å²) in [6.07, 6.45) is 1.76. The number of amides is 1. The minimum Gasteiger partial charge on any atom is -0.325 e. The van der Waals surface area contributed by atoms with E-state index in [4.69, 9.17) is 0 Å². The summed E-state index contributed by atoms with van der Waals surface area (Å²) in [6.45, 7) is 8.02. The summed E-state index contributed by atoms with van der Waals surface area (Å²) >= 11 is 1.28. The summed E-state index contributed by atoms with van der Waals surface area (Å²) in [6, 6.07) is 12.6. The van der Waals surface area contributed by atoms with Gasteiger partial charge in [0.05, 0.1) is 5.75 Å². The van der Waals surface area contributed by atoms with Crippen LogP contribution in [0, 0.1) is 19.7 Å². The molecule has 0 unspecified atom stereocenters. The number of aryl methyl sites for hydroxylation is 2. The van der Waals surface area contributed by atoms with Crippen molar-refractivity contribution in [3.05, 3.63) is 72.1 Å². The van der Waals surface area contributed by atoms with Gasteiger partial charge in [-0.3, -0.25) is 9.36 Å². The zero-order valence-corrected chi connectivity index (χ0v) is 16.6. The van der Waals surface area contributed by atoms with E-state index in [9.17, 15) is 9.18 Å². The number of benzene rings is 2. The summed E-state index contributed by atoms with van der Waals surface area (Å²) in [5.41, 5.74) is 3.08. The van der Waals surface area contributed by atoms with Gasteiger partial charge in [-0.1, -0.05) is 53.7 Å². The molecule has 0 atom stereocenters. The second-order valence-electron chi connectivity index (χ2n) is 6.37. The predicted molar refractivity (Wildman–Crippen MR) is 111 cm³/mol. The monoisotopic (exact) mass is 396 g/mol. The van der Waals surface area contributed by atoms with Crippen molar-refractivity contribution >= 4 is 23.4 Å². The van der Waals surface area contributed by atoms with Gasteiger partial charge in [0, 0.05) is 17.8 Å². The largest absolute Gasteiger partial charge is 0.325 e. The molecule has 1 amide bonds. The van der Waals surface area contributed by atoms with Gasteiger partial charge in [-0.05, 0) is 31.5 Å². The van der Waals surface area contributed by atoms with E-state index in [2.05, 4.69) is 22.1 Å². The molecule has 1 heterocycles. The molecule has 1 aromatic heterocycles. The van der Waals surface area contributed by atoms with Crippen molar-refractivity contribution in [3.63, 3.8) is 0 Å². The van der Waals surface area contributed by atoms with Gasteiger partial charge >= 0.3 is 0 Å². The summed E-state index contributed by atoms with van der Waals surface area (Å²) in [5.74, 6) is 0.277. The first-order valence-corrected chi connectivity index (χ1v) is 9.76. The van der Waals surface area contributed by atoms with Crippen LogP contribution in [0.1, 0.15) is 11.1 Å². The Kier molecular flexibility index (Phi) is 6.26. The van der Waals surface area contributed by atoms with Crippen molar-refractivity contribution in [2.75, 3.05) is 11.1 Å². The van der Waals surface area contributed by atoms with E-state index in [0.29, 0.717) is 23.0 Å². The highest BCUT2D eigenvalue weighted by molar-refractivity contribution is 7.99. The van der Waals surface area contributed by atoms with Crippen LogP contribution in [-0.2, 0) is 11.3 Å². The quantitative estimate of drug-likeness (QED) is 0.468. The van der Waals surface area contributed by atoms with Crippen LogP contribution in [0.25, 0.3) is 11.4 Å². The summed E-state index contributed by atoms with van der Waals surface area (Å²) in [7, 11) is 0. The van der Waals surface area contributed by atoms with Crippen molar-refractivity contribution in [2.24, 2.45) is 0 Å². The molecule has 0 radical (unpaired) electrons. The molecular weight excluding hydrogens is 375 g/mol. The van der Waals surface area contributed by atoms with Gasteiger partial charge in [0.15, 0.2) is 11.0 Å². The number of carbonyl (C=O) groups is 1. The number of hydrogen-bond donors (Lipinski definition) is 1. The number of halogens is 1. The zero-order valence-electron chi connectivity index (χ0n) is 15.8. The van der Waals surface area contributed by atoms with E-state index in [1.807, 2.05) is 35.8 Å². The molecule has 3 rings (SSSR count). The van der Waals surface area contributed by atoms with Gasteiger partial charge in [0.1, 0.15) is 5.82 Å². The average Bonchev–Trinajstić information content (AvgIpc) is 3.07. The number of thioether (sulfide) groups is 1. The average molecular weight is 396 g/mol. The van der Waals surface area contributed by atoms with Crippen molar-refractivity contribution in [3.8, 4) is 11.4 Å². The lowest BCUT2D eigenvalue weighted by Crippen LogP contribution is -2.15. The fourth-order valence-corrected chi connectivity index (χ4v) is 3.35. The van der Waals surface area contributed by atoms with Gasteiger partial charge in [-0.15, -0.1) is 16.8 Å². The molecule has 28 heavy (non-hydrogen) atoms. The molecule has 5 nitrogen and oxygen atoms in total. The first-order valence-electron chi connectivity index (χ1n) is 8.78. The standard InChI is InChI=1S/C21H21FN4OS/c1-4-11-26-20(16-8-5-14(2)6-9-16)24-25-21(26)28-13-19(27)23-17-10-7-15(3)18(22)12-17/h4-10,12H,1,11,13H2,2-3H3,(H,23,27). The number of carbonyl (C=O) groups excluding carboxylic acids is 1.